The normalized spacial score (nSPS) is 11.2. The highest BCUT2D eigenvalue weighted by molar-refractivity contribution is 9.10. The van der Waals surface area contributed by atoms with Crippen LogP contribution >= 0.6 is 27.5 Å². The molecule has 1 aromatic rings. The standard InChI is InChI=1S/C8H7BrClNO4S/c1-15-8(12)4-2-5(9)7(6(10)3-4)16(11,13)14/h2-3H,1H3,(H2,11,13,14). The number of esters is 1. The zero-order valence-electron chi connectivity index (χ0n) is 8.03. The number of benzene rings is 1. The van der Waals surface area contributed by atoms with Crippen molar-refractivity contribution in [2.45, 2.75) is 4.90 Å². The molecule has 1 rings (SSSR count). The maximum Gasteiger partial charge on any atom is 0.337 e. The number of carbonyl (C=O) groups is 1. The van der Waals surface area contributed by atoms with E-state index in [-0.39, 0.29) is 20.0 Å². The van der Waals surface area contributed by atoms with Crippen molar-refractivity contribution in [3.05, 3.63) is 27.2 Å². The van der Waals surface area contributed by atoms with Crippen molar-refractivity contribution >= 4 is 43.5 Å². The largest absolute Gasteiger partial charge is 0.465 e. The lowest BCUT2D eigenvalue weighted by Gasteiger charge is -2.07. The minimum Gasteiger partial charge on any atom is -0.465 e. The van der Waals surface area contributed by atoms with Gasteiger partial charge in [-0.1, -0.05) is 11.6 Å². The van der Waals surface area contributed by atoms with Crippen LogP contribution in [0.1, 0.15) is 10.4 Å². The van der Waals surface area contributed by atoms with Crippen molar-refractivity contribution in [2.75, 3.05) is 7.11 Å². The molecule has 0 fully saturated rings. The van der Waals surface area contributed by atoms with Crippen LogP contribution < -0.4 is 5.14 Å². The van der Waals surface area contributed by atoms with Gasteiger partial charge in [0, 0.05) is 4.47 Å². The van der Waals surface area contributed by atoms with E-state index in [1.54, 1.807) is 0 Å². The maximum absolute atomic E-state index is 11.2. The van der Waals surface area contributed by atoms with Gasteiger partial charge in [0.1, 0.15) is 4.90 Å². The fourth-order valence-electron chi connectivity index (χ4n) is 1.07. The van der Waals surface area contributed by atoms with E-state index < -0.39 is 16.0 Å². The summed E-state index contributed by atoms with van der Waals surface area (Å²) in [5.74, 6) is -0.622. The Kier molecular flexibility index (Phi) is 3.95. The molecule has 0 aromatic heterocycles. The first kappa shape index (κ1) is 13.4. The molecular weight excluding hydrogens is 322 g/mol. The van der Waals surface area contributed by atoms with Crippen LogP contribution in [0.25, 0.3) is 0 Å². The van der Waals surface area contributed by atoms with Gasteiger partial charge in [-0.3, -0.25) is 0 Å². The van der Waals surface area contributed by atoms with Gasteiger partial charge in [0.25, 0.3) is 0 Å². The minimum absolute atomic E-state index is 0.114. The topological polar surface area (TPSA) is 86.5 Å². The molecule has 0 aliphatic carbocycles. The summed E-state index contributed by atoms with van der Waals surface area (Å²) < 4.78 is 26.9. The Hall–Kier alpha value is -0.630. The number of methoxy groups -OCH3 is 1. The highest BCUT2D eigenvalue weighted by atomic mass is 79.9. The lowest BCUT2D eigenvalue weighted by atomic mass is 10.2. The molecule has 2 N–H and O–H groups in total. The molecule has 0 aliphatic rings. The number of primary sulfonamides is 1. The van der Waals surface area contributed by atoms with Gasteiger partial charge in [0.2, 0.25) is 10.0 Å². The average molecular weight is 329 g/mol. The number of sulfonamides is 1. The summed E-state index contributed by atoms with van der Waals surface area (Å²) in [7, 11) is -2.74. The van der Waals surface area contributed by atoms with Crippen LogP contribution in [-0.4, -0.2) is 21.5 Å². The van der Waals surface area contributed by atoms with Gasteiger partial charge in [-0.15, -0.1) is 0 Å². The summed E-state index contributed by atoms with van der Waals surface area (Å²) in [6.45, 7) is 0. The Morgan fingerprint density at radius 2 is 2.06 bits per heavy atom. The average Bonchev–Trinajstić information content (AvgIpc) is 2.13. The van der Waals surface area contributed by atoms with Crippen LogP contribution in [-0.2, 0) is 14.8 Å². The van der Waals surface area contributed by atoms with Crippen LogP contribution in [0, 0.1) is 0 Å². The molecule has 8 heteroatoms. The Morgan fingerprint density at radius 1 is 1.50 bits per heavy atom. The molecule has 0 spiro atoms. The molecule has 1 aromatic carbocycles. The molecule has 16 heavy (non-hydrogen) atoms. The molecular formula is C8H7BrClNO4S. The first-order chi connectivity index (χ1) is 7.27. The van der Waals surface area contributed by atoms with Gasteiger partial charge < -0.3 is 4.74 Å². The van der Waals surface area contributed by atoms with E-state index >= 15 is 0 Å². The number of rotatable bonds is 2. The second-order valence-corrected chi connectivity index (χ2v) is 5.57. The third kappa shape index (κ3) is 2.73. The Balaban J connectivity index is 3.46. The second-order valence-electron chi connectivity index (χ2n) is 2.81. The van der Waals surface area contributed by atoms with Crippen molar-refractivity contribution < 1.29 is 17.9 Å². The predicted octanol–water partition coefficient (Wildman–Crippen LogP) is 1.54. The van der Waals surface area contributed by atoms with Crippen molar-refractivity contribution in [2.24, 2.45) is 5.14 Å². The van der Waals surface area contributed by atoms with E-state index in [0.717, 1.165) is 0 Å². The summed E-state index contributed by atoms with van der Waals surface area (Å²) in [6.07, 6.45) is 0. The molecule has 0 radical (unpaired) electrons. The molecule has 0 saturated carbocycles. The molecule has 0 saturated heterocycles. The van der Waals surface area contributed by atoms with Crippen LogP contribution in [0.4, 0.5) is 0 Å². The first-order valence-electron chi connectivity index (χ1n) is 3.87. The fourth-order valence-corrected chi connectivity index (χ4v) is 3.52. The van der Waals surface area contributed by atoms with E-state index in [2.05, 4.69) is 20.7 Å². The second kappa shape index (κ2) is 4.70. The summed E-state index contributed by atoms with van der Waals surface area (Å²) in [4.78, 5) is 10.9. The Bertz CT molecular complexity index is 520. The van der Waals surface area contributed by atoms with Gasteiger partial charge in [-0.05, 0) is 28.1 Å². The van der Waals surface area contributed by atoms with E-state index in [1.807, 2.05) is 0 Å². The Morgan fingerprint density at radius 3 is 2.44 bits per heavy atom. The lowest BCUT2D eigenvalue weighted by molar-refractivity contribution is 0.0600. The summed E-state index contributed by atoms with van der Waals surface area (Å²) in [5.41, 5.74) is 0.131. The third-order valence-electron chi connectivity index (χ3n) is 1.70. The number of carbonyl (C=O) groups excluding carboxylic acids is 1. The van der Waals surface area contributed by atoms with Gasteiger partial charge in [-0.25, -0.2) is 18.4 Å². The third-order valence-corrected chi connectivity index (χ3v) is 4.01. The highest BCUT2D eigenvalue weighted by Crippen LogP contribution is 2.30. The van der Waals surface area contributed by atoms with Gasteiger partial charge in [0.05, 0.1) is 17.7 Å². The summed E-state index contributed by atoms with van der Waals surface area (Å²) >= 11 is 8.70. The highest BCUT2D eigenvalue weighted by Gasteiger charge is 2.20. The summed E-state index contributed by atoms with van der Waals surface area (Å²) in [6, 6.07) is 2.45. The van der Waals surface area contributed by atoms with Crippen molar-refractivity contribution in [1.29, 1.82) is 0 Å². The van der Waals surface area contributed by atoms with Crippen LogP contribution in [0.15, 0.2) is 21.5 Å². The number of halogens is 2. The van der Waals surface area contributed by atoms with Crippen molar-refractivity contribution in [3.63, 3.8) is 0 Å². The molecule has 0 amide bonds. The van der Waals surface area contributed by atoms with Crippen molar-refractivity contribution in [1.82, 2.24) is 0 Å². The maximum atomic E-state index is 11.2. The summed E-state index contributed by atoms with van der Waals surface area (Å²) in [5, 5.41) is 4.82. The predicted molar refractivity (Wildman–Crippen MR) is 61.9 cm³/mol. The van der Waals surface area contributed by atoms with Crippen LogP contribution in [0.5, 0.6) is 0 Å². The van der Waals surface area contributed by atoms with Crippen LogP contribution in [0.3, 0.4) is 0 Å². The lowest BCUT2D eigenvalue weighted by Crippen LogP contribution is -2.14. The molecule has 0 unspecified atom stereocenters. The molecule has 0 atom stereocenters. The van der Waals surface area contributed by atoms with E-state index in [0.29, 0.717) is 0 Å². The number of nitrogens with two attached hydrogens (primary N) is 1. The quantitative estimate of drug-likeness (QED) is 0.834. The zero-order valence-corrected chi connectivity index (χ0v) is 11.2. The molecule has 88 valence electrons. The van der Waals surface area contributed by atoms with Gasteiger partial charge in [-0.2, -0.15) is 0 Å². The monoisotopic (exact) mass is 327 g/mol. The smallest absolute Gasteiger partial charge is 0.337 e. The Labute approximate surface area is 106 Å². The van der Waals surface area contributed by atoms with Crippen LogP contribution in [0.2, 0.25) is 5.02 Å². The molecule has 0 bridgehead atoms. The molecule has 5 nitrogen and oxygen atoms in total. The first-order valence-corrected chi connectivity index (χ1v) is 6.59. The minimum atomic E-state index is -3.94. The van der Waals surface area contributed by atoms with Gasteiger partial charge >= 0.3 is 5.97 Å². The van der Waals surface area contributed by atoms with E-state index in [1.165, 1.54) is 19.2 Å². The fraction of sp³-hybridized carbons (Fsp3) is 0.125. The number of hydrogen-bond donors (Lipinski definition) is 1. The van der Waals surface area contributed by atoms with Crippen molar-refractivity contribution in [3.8, 4) is 0 Å². The molecule has 0 heterocycles. The molecule has 0 aliphatic heterocycles. The van der Waals surface area contributed by atoms with E-state index in [9.17, 15) is 13.2 Å². The SMILES string of the molecule is COC(=O)c1cc(Cl)c(S(N)(=O)=O)c(Br)c1. The van der Waals surface area contributed by atoms with E-state index in [4.69, 9.17) is 16.7 Å². The number of hydrogen-bond acceptors (Lipinski definition) is 4. The number of ether oxygens (including phenoxy) is 1. The van der Waals surface area contributed by atoms with Gasteiger partial charge in [0.15, 0.2) is 0 Å². The zero-order chi connectivity index (χ0) is 12.5.